The van der Waals surface area contributed by atoms with Crippen LogP contribution >= 0.6 is 11.8 Å². The third-order valence-electron chi connectivity index (χ3n) is 3.49. The molecule has 0 aliphatic heterocycles. The Labute approximate surface area is 133 Å². The van der Waals surface area contributed by atoms with Crippen molar-refractivity contribution < 1.29 is 17.0 Å². The van der Waals surface area contributed by atoms with E-state index < -0.39 is 0 Å². The van der Waals surface area contributed by atoms with Crippen LogP contribution in [0.2, 0.25) is 0 Å². The Balaban J connectivity index is 0.00000200. The molecule has 2 nitrogen and oxygen atoms in total. The van der Waals surface area contributed by atoms with E-state index in [1.807, 2.05) is 11.8 Å². The third kappa shape index (κ3) is 4.42. The molecule has 0 saturated heterocycles. The minimum atomic E-state index is 0. The van der Waals surface area contributed by atoms with Gasteiger partial charge in [0.05, 0.1) is 6.54 Å². The van der Waals surface area contributed by atoms with Crippen molar-refractivity contribution in [2.24, 2.45) is 0 Å². The first kappa shape index (κ1) is 17.4. The molecule has 0 amide bonds. The minimum Gasteiger partial charge on any atom is -1.00 e. The molecular formula is C16H25ClN2S. The van der Waals surface area contributed by atoms with Crippen LogP contribution in [0, 0.1) is 0 Å². The van der Waals surface area contributed by atoms with Gasteiger partial charge >= 0.3 is 0 Å². The Morgan fingerprint density at radius 3 is 2.65 bits per heavy atom. The van der Waals surface area contributed by atoms with Gasteiger partial charge in [-0.1, -0.05) is 38.3 Å². The average Bonchev–Trinajstić information content (AvgIpc) is 2.81. The molecule has 4 heteroatoms. The summed E-state index contributed by atoms with van der Waals surface area (Å²) in [7, 11) is 0. The zero-order valence-corrected chi connectivity index (χ0v) is 14.1. The lowest BCUT2D eigenvalue weighted by Crippen LogP contribution is -3.00. The highest BCUT2D eigenvalue weighted by atomic mass is 35.5. The fourth-order valence-corrected chi connectivity index (χ4v) is 3.33. The topological polar surface area (TPSA) is 8.81 Å². The van der Waals surface area contributed by atoms with Crippen molar-refractivity contribution in [1.29, 1.82) is 0 Å². The van der Waals surface area contributed by atoms with Crippen LogP contribution < -0.4 is 17.0 Å². The summed E-state index contributed by atoms with van der Waals surface area (Å²) in [5.41, 5.74) is 2.70. The van der Waals surface area contributed by atoms with Gasteiger partial charge in [0, 0.05) is 0 Å². The maximum absolute atomic E-state index is 2.38. The van der Waals surface area contributed by atoms with E-state index in [9.17, 15) is 0 Å². The molecule has 1 aromatic carbocycles. The SMILES string of the molecule is CCCCCCSC[n+]1cn(CC)c2ccccc21.[Cl-]. The molecule has 1 heterocycles. The monoisotopic (exact) mass is 312 g/mol. The summed E-state index contributed by atoms with van der Waals surface area (Å²) in [5, 5.41) is 0. The smallest absolute Gasteiger partial charge is 0.245 e. The number of halogens is 1. The van der Waals surface area contributed by atoms with Gasteiger partial charge in [0.2, 0.25) is 6.33 Å². The first-order valence-electron chi connectivity index (χ1n) is 7.41. The Morgan fingerprint density at radius 1 is 1.10 bits per heavy atom. The Kier molecular flexibility index (Phi) is 8.08. The third-order valence-corrected chi connectivity index (χ3v) is 4.53. The second-order valence-corrected chi connectivity index (χ2v) is 6.03. The Morgan fingerprint density at radius 2 is 1.90 bits per heavy atom. The van der Waals surface area contributed by atoms with Gasteiger partial charge in [-0.2, -0.15) is 0 Å². The Bertz CT molecular complexity index is 510. The van der Waals surface area contributed by atoms with E-state index in [2.05, 4.69) is 53.6 Å². The van der Waals surface area contributed by atoms with E-state index >= 15 is 0 Å². The van der Waals surface area contributed by atoms with Gasteiger partial charge in [-0.05, 0) is 31.2 Å². The highest BCUT2D eigenvalue weighted by Gasteiger charge is 2.13. The van der Waals surface area contributed by atoms with Crippen LogP contribution in [-0.4, -0.2) is 10.3 Å². The molecule has 2 rings (SSSR count). The highest BCUT2D eigenvalue weighted by Crippen LogP contribution is 2.13. The number of aryl methyl sites for hydroxylation is 1. The maximum Gasteiger partial charge on any atom is 0.245 e. The Hall–Kier alpha value is -0.670. The maximum atomic E-state index is 2.38. The number of thioether (sulfide) groups is 1. The van der Waals surface area contributed by atoms with Gasteiger partial charge in [-0.25, -0.2) is 9.13 Å². The molecule has 20 heavy (non-hydrogen) atoms. The normalized spacial score (nSPS) is 10.7. The van der Waals surface area contributed by atoms with Gasteiger partial charge in [0.15, 0.2) is 11.0 Å². The molecule has 0 atom stereocenters. The highest BCUT2D eigenvalue weighted by molar-refractivity contribution is 7.98. The van der Waals surface area contributed by atoms with E-state index in [1.165, 1.54) is 42.5 Å². The van der Waals surface area contributed by atoms with Gasteiger partial charge in [-0.3, -0.25) is 0 Å². The number of unbranched alkanes of at least 4 members (excludes halogenated alkanes) is 3. The summed E-state index contributed by atoms with van der Waals surface area (Å²) in [6, 6.07) is 8.68. The van der Waals surface area contributed by atoms with Crippen molar-refractivity contribution in [3.8, 4) is 0 Å². The van der Waals surface area contributed by atoms with Crippen LogP contribution in [-0.2, 0) is 12.4 Å². The van der Waals surface area contributed by atoms with Crippen LogP contribution in [0.1, 0.15) is 39.5 Å². The second kappa shape index (κ2) is 9.30. The van der Waals surface area contributed by atoms with Crippen molar-refractivity contribution in [3.63, 3.8) is 0 Å². The fraction of sp³-hybridized carbons (Fsp3) is 0.562. The standard InChI is InChI=1S/C16H25N2S.ClH/c1-3-5-6-9-12-19-14-18-13-17(4-2)15-10-7-8-11-16(15)18;/h7-8,10-11,13H,3-6,9,12,14H2,1-2H3;1H/q+1;/p-1. The van der Waals surface area contributed by atoms with Crippen LogP contribution in [0.25, 0.3) is 11.0 Å². The molecule has 0 unspecified atom stereocenters. The van der Waals surface area contributed by atoms with Gasteiger partial charge < -0.3 is 12.4 Å². The van der Waals surface area contributed by atoms with Crippen molar-refractivity contribution in [2.75, 3.05) is 5.75 Å². The lowest BCUT2D eigenvalue weighted by Gasteiger charge is -1.99. The summed E-state index contributed by atoms with van der Waals surface area (Å²) in [6.07, 6.45) is 7.69. The number of rotatable bonds is 8. The number of benzene rings is 1. The van der Waals surface area contributed by atoms with Crippen molar-refractivity contribution in [2.45, 2.75) is 52.0 Å². The number of hydrogen-bond donors (Lipinski definition) is 0. The summed E-state index contributed by atoms with van der Waals surface area (Å²) in [5.74, 6) is 2.35. The molecule has 0 aliphatic rings. The molecule has 0 fully saturated rings. The van der Waals surface area contributed by atoms with E-state index in [4.69, 9.17) is 0 Å². The average molecular weight is 313 g/mol. The molecule has 0 aliphatic carbocycles. The predicted octanol–water partition coefficient (Wildman–Crippen LogP) is 1.22. The number of aromatic nitrogens is 2. The largest absolute Gasteiger partial charge is 1.00 e. The first-order chi connectivity index (χ1) is 9.36. The molecule has 112 valence electrons. The van der Waals surface area contributed by atoms with Crippen molar-refractivity contribution in [1.82, 2.24) is 4.57 Å². The number of nitrogens with zero attached hydrogens (tertiary/aromatic N) is 2. The molecule has 0 N–H and O–H groups in total. The number of fused-ring (bicyclic) bond motifs is 1. The fourth-order valence-electron chi connectivity index (χ4n) is 2.39. The molecule has 0 bridgehead atoms. The summed E-state index contributed by atoms with van der Waals surface area (Å²) < 4.78 is 4.70. The summed E-state index contributed by atoms with van der Waals surface area (Å²) >= 11 is 2.05. The second-order valence-electron chi connectivity index (χ2n) is 4.96. The first-order valence-corrected chi connectivity index (χ1v) is 8.57. The zero-order chi connectivity index (χ0) is 13.5. The summed E-state index contributed by atoms with van der Waals surface area (Å²) in [6.45, 7) is 5.51. The van der Waals surface area contributed by atoms with Crippen molar-refractivity contribution >= 4 is 22.8 Å². The molecule has 0 radical (unpaired) electrons. The lowest BCUT2D eigenvalue weighted by molar-refractivity contribution is -0.650. The van der Waals surface area contributed by atoms with E-state index in [0.717, 1.165) is 12.4 Å². The molecular weight excluding hydrogens is 288 g/mol. The molecule has 0 spiro atoms. The molecule has 0 saturated carbocycles. The van der Waals surface area contributed by atoms with E-state index in [1.54, 1.807) is 0 Å². The van der Waals surface area contributed by atoms with Gasteiger partial charge in [0.25, 0.3) is 0 Å². The molecule has 2 aromatic rings. The quantitative estimate of drug-likeness (QED) is 0.526. The molecule has 1 aromatic heterocycles. The van der Waals surface area contributed by atoms with E-state index in [0.29, 0.717) is 0 Å². The number of hydrogen-bond acceptors (Lipinski definition) is 1. The number of para-hydroxylation sites is 2. The minimum absolute atomic E-state index is 0. The number of imidazole rings is 1. The van der Waals surface area contributed by atoms with Gasteiger partial charge in [-0.15, -0.1) is 11.8 Å². The van der Waals surface area contributed by atoms with Crippen LogP contribution in [0.3, 0.4) is 0 Å². The van der Waals surface area contributed by atoms with Crippen LogP contribution in [0.5, 0.6) is 0 Å². The van der Waals surface area contributed by atoms with Gasteiger partial charge in [0.1, 0.15) is 5.88 Å². The van der Waals surface area contributed by atoms with E-state index in [-0.39, 0.29) is 12.4 Å². The van der Waals surface area contributed by atoms with Crippen LogP contribution in [0.4, 0.5) is 0 Å². The predicted molar refractivity (Wildman–Crippen MR) is 84.4 cm³/mol. The van der Waals surface area contributed by atoms with Crippen LogP contribution in [0.15, 0.2) is 30.6 Å². The zero-order valence-electron chi connectivity index (χ0n) is 12.5. The van der Waals surface area contributed by atoms with Crippen molar-refractivity contribution in [3.05, 3.63) is 30.6 Å². The lowest BCUT2D eigenvalue weighted by atomic mass is 10.2. The summed E-state index contributed by atoms with van der Waals surface area (Å²) in [4.78, 5) is 0.